The summed E-state index contributed by atoms with van der Waals surface area (Å²) in [5, 5.41) is 0. The second kappa shape index (κ2) is 5.21. The molecule has 0 amide bonds. The van der Waals surface area contributed by atoms with E-state index in [0.29, 0.717) is 11.8 Å². The zero-order chi connectivity index (χ0) is 17.2. The van der Waals surface area contributed by atoms with Crippen LogP contribution in [0, 0.1) is 23.2 Å². The van der Waals surface area contributed by atoms with Crippen molar-refractivity contribution in [3.05, 3.63) is 36.3 Å². The molecule has 5 heteroatoms. The maximum atomic E-state index is 12.7. The van der Waals surface area contributed by atoms with Gasteiger partial charge in [-0.2, -0.15) is 0 Å². The summed E-state index contributed by atoms with van der Waals surface area (Å²) in [6.07, 6.45) is 11.0. The Bertz CT molecular complexity index is 710. The molecule has 1 spiro atoms. The van der Waals surface area contributed by atoms with E-state index in [1.807, 2.05) is 12.1 Å². The minimum Gasteiger partial charge on any atom is -0.472 e. The van der Waals surface area contributed by atoms with Crippen LogP contribution in [-0.4, -0.2) is 25.0 Å². The van der Waals surface area contributed by atoms with Crippen LogP contribution in [0.3, 0.4) is 0 Å². The minimum absolute atomic E-state index is 0.0426. The Morgan fingerprint density at radius 1 is 1.32 bits per heavy atom. The van der Waals surface area contributed by atoms with Crippen LogP contribution in [0.25, 0.3) is 0 Å². The molecular weight excluding hydrogens is 320 g/mol. The van der Waals surface area contributed by atoms with Crippen LogP contribution in [-0.2, 0) is 19.0 Å². The first-order valence-corrected chi connectivity index (χ1v) is 9.23. The lowest BCUT2D eigenvalue weighted by Gasteiger charge is -2.61. The molecule has 1 aromatic rings. The van der Waals surface area contributed by atoms with Crippen LogP contribution in [0.4, 0.5) is 0 Å². The molecule has 3 heterocycles. The van der Waals surface area contributed by atoms with Gasteiger partial charge in [-0.1, -0.05) is 13.0 Å². The molecule has 134 valence electrons. The molecule has 5 nitrogen and oxygen atoms in total. The number of carbonyl (C=O) groups is 1. The second-order valence-corrected chi connectivity index (χ2v) is 8.06. The van der Waals surface area contributed by atoms with Crippen molar-refractivity contribution >= 4 is 5.97 Å². The second-order valence-electron chi connectivity index (χ2n) is 8.06. The zero-order valence-corrected chi connectivity index (χ0v) is 14.6. The summed E-state index contributed by atoms with van der Waals surface area (Å²) >= 11 is 0. The Balaban J connectivity index is 1.61. The van der Waals surface area contributed by atoms with Crippen LogP contribution in [0.2, 0.25) is 0 Å². The number of esters is 1. The van der Waals surface area contributed by atoms with Crippen molar-refractivity contribution in [2.75, 3.05) is 7.11 Å². The summed E-state index contributed by atoms with van der Waals surface area (Å²) in [5.41, 5.74) is 0.0148. The highest BCUT2D eigenvalue weighted by atomic mass is 16.7. The van der Waals surface area contributed by atoms with Crippen LogP contribution >= 0.6 is 0 Å². The summed E-state index contributed by atoms with van der Waals surface area (Å²) in [4.78, 5) is 12.7. The van der Waals surface area contributed by atoms with Gasteiger partial charge >= 0.3 is 5.97 Å². The third-order valence-electron chi connectivity index (χ3n) is 7.30. The van der Waals surface area contributed by atoms with Crippen molar-refractivity contribution in [1.29, 1.82) is 0 Å². The first-order valence-electron chi connectivity index (χ1n) is 9.23. The first kappa shape index (κ1) is 15.6. The van der Waals surface area contributed by atoms with Gasteiger partial charge in [0.15, 0.2) is 11.9 Å². The van der Waals surface area contributed by atoms with Gasteiger partial charge < -0.3 is 18.6 Å². The molecule has 4 aliphatic rings. The van der Waals surface area contributed by atoms with Gasteiger partial charge in [0.25, 0.3) is 0 Å². The normalized spacial score (nSPS) is 47.4. The summed E-state index contributed by atoms with van der Waals surface area (Å²) < 4.78 is 23.3. The number of hydrogen-bond acceptors (Lipinski definition) is 5. The number of carbonyl (C=O) groups excluding carboxylic acids is 1. The minimum atomic E-state index is -0.989. The molecule has 4 bridgehead atoms. The monoisotopic (exact) mass is 344 g/mol. The van der Waals surface area contributed by atoms with Gasteiger partial charge in [0.05, 0.1) is 25.7 Å². The Labute approximate surface area is 147 Å². The van der Waals surface area contributed by atoms with E-state index in [9.17, 15) is 4.79 Å². The Morgan fingerprint density at radius 2 is 2.20 bits per heavy atom. The average molecular weight is 344 g/mol. The molecule has 2 saturated heterocycles. The lowest BCUT2D eigenvalue weighted by atomic mass is 9.48. The molecular formula is C20H24O5. The largest absolute Gasteiger partial charge is 0.472 e. The lowest BCUT2D eigenvalue weighted by Crippen LogP contribution is -2.67. The van der Waals surface area contributed by atoms with Crippen molar-refractivity contribution < 1.29 is 23.4 Å². The topological polar surface area (TPSA) is 57.9 Å². The smallest absolute Gasteiger partial charge is 0.342 e. The molecule has 25 heavy (non-hydrogen) atoms. The van der Waals surface area contributed by atoms with E-state index in [4.69, 9.17) is 18.6 Å². The average Bonchev–Trinajstić information content (AvgIpc) is 3.25. The highest BCUT2D eigenvalue weighted by Crippen LogP contribution is 2.68. The summed E-state index contributed by atoms with van der Waals surface area (Å²) in [5.74, 6) is 0.759. The third kappa shape index (κ3) is 1.83. The van der Waals surface area contributed by atoms with Gasteiger partial charge in [-0.3, -0.25) is 0 Å². The highest BCUT2D eigenvalue weighted by molar-refractivity contribution is 5.83. The number of methoxy groups -OCH3 is 1. The van der Waals surface area contributed by atoms with Crippen LogP contribution in [0.5, 0.6) is 0 Å². The van der Waals surface area contributed by atoms with E-state index in [1.54, 1.807) is 12.5 Å². The SMILES string of the molecule is COC(=O)C12C=CC[C@@H]3[C@@H]1CC[C@H](C)[C@@]31C[C@H](c3ccoc3)O[C@H]1O2. The molecule has 2 aliphatic heterocycles. The van der Waals surface area contributed by atoms with E-state index in [2.05, 4.69) is 13.0 Å². The molecule has 0 aromatic carbocycles. The van der Waals surface area contributed by atoms with E-state index in [1.165, 1.54) is 7.11 Å². The van der Waals surface area contributed by atoms with Gasteiger partial charge in [-0.15, -0.1) is 0 Å². The number of hydrogen-bond donors (Lipinski definition) is 0. The molecule has 3 fully saturated rings. The molecule has 0 radical (unpaired) electrons. The van der Waals surface area contributed by atoms with Crippen LogP contribution < -0.4 is 0 Å². The standard InChI is InChI=1S/C20H24O5/c1-12-5-6-15-14-4-3-8-20(15,17(21)22-2)25-18-19(12,14)10-16(24-18)13-7-9-23-11-13/h3,7-9,11-12,14-16,18H,4-6,10H2,1-2H3/t12-,14+,15-,16+,18-,19-,20?/m0/s1. The zero-order valence-electron chi connectivity index (χ0n) is 14.6. The Hall–Kier alpha value is -1.59. The molecule has 2 aliphatic carbocycles. The Kier molecular flexibility index (Phi) is 3.26. The summed E-state index contributed by atoms with van der Waals surface area (Å²) in [6.45, 7) is 2.32. The number of furan rings is 1. The molecule has 7 atom stereocenters. The van der Waals surface area contributed by atoms with Crippen LogP contribution in [0.1, 0.15) is 44.3 Å². The van der Waals surface area contributed by atoms with Gasteiger partial charge in [-0.25, -0.2) is 4.79 Å². The summed E-state index contributed by atoms with van der Waals surface area (Å²) in [6, 6.07) is 1.96. The molecule has 1 aromatic heterocycles. The van der Waals surface area contributed by atoms with Crippen molar-refractivity contribution in [2.24, 2.45) is 23.2 Å². The van der Waals surface area contributed by atoms with Crippen molar-refractivity contribution in [1.82, 2.24) is 0 Å². The fourth-order valence-electron chi connectivity index (χ4n) is 6.07. The molecule has 0 N–H and O–H groups in total. The van der Waals surface area contributed by atoms with Crippen molar-refractivity contribution in [3.8, 4) is 0 Å². The van der Waals surface area contributed by atoms with Gasteiger partial charge in [0.2, 0.25) is 0 Å². The lowest BCUT2D eigenvalue weighted by molar-refractivity contribution is -0.312. The first-order chi connectivity index (χ1) is 12.1. The van der Waals surface area contributed by atoms with Gasteiger partial charge in [-0.05, 0) is 49.7 Å². The number of allylic oxidation sites excluding steroid dienone is 1. The van der Waals surface area contributed by atoms with Crippen LogP contribution in [0.15, 0.2) is 35.2 Å². The van der Waals surface area contributed by atoms with Gasteiger partial charge in [0, 0.05) is 16.9 Å². The number of rotatable bonds is 2. The van der Waals surface area contributed by atoms with Gasteiger partial charge in [0.1, 0.15) is 0 Å². The highest BCUT2D eigenvalue weighted by Gasteiger charge is 2.71. The predicted octanol–water partition coefficient (Wildman–Crippen LogP) is 3.62. The molecule has 5 rings (SSSR count). The Morgan fingerprint density at radius 3 is 2.96 bits per heavy atom. The van der Waals surface area contributed by atoms with E-state index in [0.717, 1.165) is 31.2 Å². The predicted molar refractivity (Wildman–Crippen MR) is 88.3 cm³/mol. The van der Waals surface area contributed by atoms with Crippen molar-refractivity contribution in [2.45, 2.75) is 50.6 Å². The molecule has 1 unspecified atom stereocenters. The van der Waals surface area contributed by atoms with E-state index >= 15 is 0 Å². The molecule has 1 saturated carbocycles. The maximum Gasteiger partial charge on any atom is 0.342 e. The summed E-state index contributed by atoms with van der Waals surface area (Å²) in [7, 11) is 1.44. The van der Waals surface area contributed by atoms with E-state index < -0.39 is 5.60 Å². The maximum absolute atomic E-state index is 12.7. The number of ether oxygens (including phenoxy) is 3. The third-order valence-corrected chi connectivity index (χ3v) is 7.30. The fraction of sp³-hybridized carbons (Fsp3) is 0.650. The van der Waals surface area contributed by atoms with E-state index in [-0.39, 0.29) is 29.7 Å². The van der Waals surface area contributed by atoms with Crippen molar-refractivity contribution in [3.63, 3.8) is 0 Å². The quantitative estimate of drug-likeness (QED) is 0.606. The fourth-order valence-corrected chi connectivity index (χ4v) is 6.07.